The molecule has 154 valence electrons. The Bertz CT molecular complexity index is 1370. The zero-order chi connectivity index (χ0) is 21.4. The quantitative estimate of drug-likeness (QED) is 0.521. The summed E-state index contributed by atoms with van der Waals surface area (Å²) >= 11 is 0. The lowest BCUT2D eigenvalue weighted by atomic mass is 10.1. The standard InChI is InChI=1S/C23H21N7O/c1-28-10-12-29(13-11-28)22-17(23(31)30-9-5-4-8-20(30)27-22)14-16(15-24)21-25-18-6-2-3-7-19(18)26-21/h2-9,14H,10-13H2,1H3,(H,25,26). The van der Waals surface area contributed by atoms with E-state index in [1.165, 1.54) is 4.40 Å². The number of nitriles is 1. The van der Waals surface area contributed by atoms with Crippen LogP contribution in [0.2, 0.25) is 0 Å². The van der Waals surface area contributed by atoms with Gasteiger partial charge in [-0.15, -0.1) is 0 Å². The number of allylic oxidation sites excluding steroid dienone is 1. The van der Waals surface area contributed by atoms with Crippen molar-refractivity contribution in [3.8, 4) is 6.07 Å². The molecule has 0 spiro atoms. The van der Waals surface area contributed by atoms with E-state index in [2.05, 4.69) is 32.9 Å². The van der Waals surface area contributed by atoms with E-state index in [0.717, 1.165) is 37.2 Å². The van der Waals surface area contributed by atoms with E-state index < -0.39 is 0 Å². The second-order valence-electron chi connectivity index (χ2n) is 7.65. The molecule has 1 N–H and O–H groups in total. The minimum absolute atomic E-state index is 0.205. The van der Waals surface area contributed by atoms with Crippen molar-refractivity contribution in [3.63, 3.8) is 0 Å². The number of rotatable bonds is 3. The van der Waals surface area contributed by atoms with Crippen molar-refractivity contribution in [2.24, 2.45) is 0 Å². The largest absolute Gasteiger partial charge is 0.353 e. The number of fused-ring (bicyclic) bond motifs is 2. The first-order chi connectivity index (χ1) is 15.1. The predicted molar refractivity (Wildman–Crippen MR) is 121 cm³/mol. The van der Waals surface area contributed by atoms with Crippen LogP contribution in [-0.4, -0.2) is 57.5 Å². The molecule has 4 heterocycles. The summed E-state index contributed by atoms with van der Waals surface area (Å²) in [5.74, 6) is 1.04. The maximum Gasteiger partial charge on any atom is 0.267 e. The molecule has 5 rings (SSSR count). The fourth-order valence-corrected chi connectivity index (χ4v) is 3.85. The topological polar surface area (TPSA) is 93.3 Å². The van der Waals surface area contributed by atoms with Gasteiger partial charge in [0.2, 0.25) is 0 Å². The molecule has 1 saturated heterocycles. The van der Waals surface area contributed by atoms with Crippen LogP contribution in [0.1, 0.15) is 11.4 Å². The van der Waals surface area contributed by atoms with Crippen LogP contribution in [0.4, 0.5) is 5.82 Å². The van der Waals surface area contributed by atoms with Gasteiger partial charge in [0.1, 0.15) is 23.4 Å². The van der Waals surface area contributed by atoms with Gasteiger partial charge in [-0.3, -0.25) is 9.20 Å². The third-order valence-corrected chi connectivity index (χ3v) is 5.61. The molecule has 0 radical (unpaired) electrons. The summed E-state index contributed by atoms with van der Waals surface area (Å²) in [5.41, 5.74) is 2.67. The molecule has 31 heavy (non-hydrogen) atoms. The normalized spacial score (nSPS) is 15.5. The number of para-hydroxylation sites is 2. The van der Waals surface area contributed by atoms with Crippen molar-refractivity contribution >= 4 is 34.1 Å². The lowest BCUT2D eigenvalue weighted by molar-refractivity contribution is 0.312. The number of aromatic amines is 1. The monoisotopic (exact) mass is 411 g/mol. The summed E-state index contributed by atoms with van der Waals surface area (Å²) in [6.45, 7) is 3.29. The van der Waals surface area contributed by atoms with Crippen molar-refractivity contribution < 1.29 is 0 Å². The van der Waals surface area contributed by atoms with Crippen molar-refractivity contribution in [1.82, 2.24) is 24.3 Å². The first-order valence-corrected chi connectivity index (χ1v) is 10.2. The number of likely N-dealkylation sites (N-methyl/N-ethyl adjacent to an activating group) is 1. The van der Waals surface area contributed by atoms with E-state index in [9.17, 15) is 10.1 Å². The number of piperazine rings is 1. The highest BCUT2D eigenvalue weighted by Crippen LogP contribution is 2.24. The van der Waals surface area contributed by atoms with Gasteiger partial charge >= 0.3 is 0 Å². The average Bonchev–Trinajstić information content (AvgIpc) is 3.23. The molecular weight excluding hydrogens is 390 g/mol. The van der Waals surface area contributed by atoms with Crippen LogP contribution in [0, 0.1) is 11.3 Å². The molecule has 8 nitrogen and oxygen atoms in total. The Morgan fingerprint density at radius 2 is 1.87 bits per heavy atom. The van der Waals surface area contributed by atoms with Crippen molar-refractivity contribution in [2.45, 2.75) is 0 Å². The maximum absolute atomic E-state index is 13.4. The number of imidazole rings is 1. The number of hydrogen-bond donors (Lipinski definition) is 1. The molecule has 1 fully saturated rings. The highest BCUT2D eigenvalue weighted by atomic mass is 16.1. The Balaban J connectivity index is 1.70. The molecule has 1 aromatic carbocycles. The number of aromatic nitrogens is 4. The molecule has 0 saturated carbocycles. The minimum atomic E-state index is -0.205. The molecule has 0 unspecified atom stereocenters. The zero-order valence-corrected chi connectivity index (χ0v) is 17.1. The van der Waals surface area contributed by atoms with Crippen LogP contribution in [-0.2, 0) is 0 Å². The smallest absolute Gasteiger partial charge is 0.267 e. The number of H-pyrrole nitrogens is 1. The second kappa shape index (κ2) is 7.70. The third-order valence-electron chi connectivity index (χ3n) is 5.61. The molecule has 8 heteroatoms. The molecule has 4 aromatic rings. The van der Waals surface area contributed by atoms with Gasteiger partial charge < -0.3 is 14.8 Å². The SMILES string of the molecule is CN1CCN(c2nc3ccccn3c(=O)c2C=C(C#N)c2nc3ccccc3[nH]2)CC1. The van der Waals surface area contributed by atoms with Crippen molar-refractivity contribution in [2.75, 3.05) is 38.1 Å². The van der Waals surface area contributed by atoms with Gasteiger partial charge in [0, 0.05) is 32.4 Å². The van der Waals surface area contributed by atoms with E-state index in [0.29, 0.717) is 28.4 Å². The average molecular weight is 411 g/mol. The number of pyridine rings is 1. The van der Waals surface area contributed by atoms with Gasteiger partial charge in [0.25, 0.3) is 5.56 Å². The van der Waals surface area contributed by atoms with Gasteiger partial charge in [-0.1, -0.05) is 18.2 Å². The van der Waals surface area contributed by atoms with Crippen molar-refractivity contribution in [3.05, 3.63) is 70.4 Å². The Kier molecular flexibility index (Phi) is 4.73. The summed E-state index contributed by atoms with van der Waals surface area (Å²) in [7, 11) is 2.08. The number of nitrogens with one attached hydrogen (secondary N) is 1. The number of benzene rings is 1. The summed E-state index contributed by atoms with van der Waals surface area (Å²) in [4.78, 5) is 30.3. The maximum atomic E-state index is 13.4. The van der Waals surface area contributed by atoms with E-state index in [1.54, 1.807) is 18.3 Å². The Labute approximate surface area is 178 Å². The fraction of sp³-hybridized carbons (Fsp3) is 0.217. The minimum Gasteiger partial charge on any atom is -0.353 e. The molecule has 0 amide bonds. The fourth-order valence-electron chi connectivity index (χ4n) is 3.85. The highest BCUT2D eigenvalue weighted by Gasteiger charge is 2.22. The number of anilines is 1. The first kappa shape index (κ1) is 19.0. The van der Waals surface area contributed by atoms with E-state index in [4.69, 9.17) is 4.98 Å². The van der Waals surface area contributed by atoms with Crippen LogP contribution in [0.25, 0.3) is 28.3 Å². The molecule has 0 aliphatic carbocycles. The molecule has 1 aliphatic rings. The van der Waals surface area contributed by atoms with Crippen LogP contribution >= 0.6 is 0 Å². The number of nitrogens with zero attached hydrogens (tertiary/aromatic N) is 6. The van der Waals surface area contributed by atoms with Crippen LogP contribution in [0.15, 0.2) is 53.5 Å². The van der Waals surface area contributed by atoms with E-state index >= 15 is 0 Å². The third kappa shape index (κ3) is 3.45. The predicted octanol–water partition coefficient (Wildman–Crippen LogP) is 2.39. The summed E-state index contributed by atoms with van der Waals surface area (Å²) in [6, 6.07) is 15.3. The first-order valence-electron chi connectivity index (χ1n) is 10.2. The van der Waals surface area contributed by atoms with Gasteiger partial charge in [-0.25, -0.2) is 9.97 Å². The van der Waals surface area contributed by atoms with Gasteiger partial charge in [0.05, 0.1) is 22.2 Å². The van der Waals surface area contributed by atoms with Crippen LogP contribution in [0.5, 0.6) is 0 Å². The molecule has 1 aliphatic heterocycles. The lowest BCUT2D eigenvalue weighted by Crippen LogP contribution is -2.45. The molecular formula is C23H21N7O. The van der Waals surface area contributed by atoms with Gasteiger partial charge in [0.15, 0.2) is 0 Å². The highest BCUT2D eigenvalue weighted by molar-refractivity contribution is 5.92. The lowest BCUT2D eigenvalue weighted by Gasteiger charge is -2.34. The summed E-state index contributed by atoms with van der Waals surface area (Å²) < 4.78 is 1.51. The van der Waals surface area contributed by atoms with E-state index in [1.807, 2.05) is 36.4 Å². The van der Waals surface area contributed by atoms with Crippen LogP contribution < -0.4 is 10.5 Å². The van der Waals surface area contributed by atoms with Crippen LogP contribution in [0.3, 0.4) is 0 Å². The molecule has 0 bridgehead atoms. The Morgan fingerprint density at radius 1 is 1.10 bits per heavy atom. The van der Waals surface area contributed by atoms with Gasteiger partial charge in [-0.2, -0.15) is 5.26 Å². The zero-order valence-electron chi connectivity index (χ0n) is 17.1. The molecule has 3 aromatic heterocycles. The van der Waals surface area contributed by atoms with Gasteiger partial charge in [-0.05, 0) is 37.4 Å². The summed E-state index contributed by atoms with van der Waals surface area (Å²) in [6.07, 6.45) is 3.31. The Morgan fingerprint density at radius 3 is 2.65 bits per heavy atom. The second-order valence-corrected chi connectivity index (χ2v) is 7.65. The molecule has 0 atom stereocenters. The van der Waals surface area contributed by atoms with E-state index in [-0.39, 0.29) is 5.56 Å². The van der Waals surface area contributed by atoms with Crippen molar-refractivity contribution in [1.29, 1.82) is 5.26 Å². The number of hydrogen-bond acceptors (Lipinski definition) is 6. The Hall–Kier alpha value is -3.96. The summed E-state index contributed by atoms with van der Waals surface area (Å²) in [5, 5.41) is 9.88.